The number of hydrogen-bond donors (Lipinski definition) is 2. The average Bonchev–Trinajstić information content (AvgIpc) is 3.00. The van der Waals surface area contributed by atoms with Gasteiger partial charge in [-0.2, -0.15) is 0 Å². The molecule has 0 bridgehead atoms. The van der Waals surface area contributed by atoms with Crippen molar-refractivity contribution in [1.82, 2.24) is 5.32 Å². The van der Waals surface area contributed by atoms with E-state index in [2.05, 4.69) is 10.6 Å². The summed E-state index contributed by atoms with van der Waals surface area (Å²) < 4.78 is 0. The van der Waals surface area contributed by atoms with Crippen LogP contribution in [-0.4, -0.2) is 30.3 Å². The Hall–Kier alpha value is -3.15. The molecule has 1 aliphatic carbocycles. The summed E-state index contributed by atoms with van der Waals surface area (Å²) >= 11 is 0. The van der Waals surface area contributed by atoms with Gasteiger partial charge in [0.25, 0.3) is 5.91 Å². The number of benzene rings is 2. The molecule has 1 saturated carbocycles. The summed E-state index contributed by atoms with van der Waals surface area (Å²) in [5.41, 5.74) is 1.83. The highest BCUT2D eigenvalue weighted by Crippen LogP contribution is 2.27. The molecule has 2 N–H and O–H groups in total. The van der Waals surface area contributed by atoms with Crippen LogP contribution >= 0.6 is 0 Å². The monoisotopic (exact) mass is 419 g/mol. The van der Waals surface area contributed by atoms with Gasteiger partial charge in [0, 0.05) is 35.9 Å². The van der Waals surface area contributed by atoms with E-state index in [1.54, 1.807) is 23.1 Å². The highest BCUT2D eigenvalue weighted by atomic mass is 16.2. The highest BCUT2D eigenvalue weighted by Gasteiger charge is 2.36. The fourth-order valence-electron chi connectivity index (χ4n) is 4.42. The maximum atomic E-state index is 12.8. The zero-order valence-electron chi connectivity index (χ0n) is 17.7. The van der Waals surface area contributed by atoms with Crippen LogP contribution in [0.1, 0.15) is 55.3 Å². The van der Waals surface area contributed by atoms with E-state index in [1.807, 2.05) is 36.4 Å². The predicted molar refractivity (Wildman–Crippen MR) is 121 cm³/mol. The first kappa shape index (κ1) is 21.1. The normalized spacial score (nSPS) is 19.7. The zero-order chi connectivity index (χ0) is 21.6. The second kappa shape index (κ2) is 9.77. The van der Waals surface area contributed by atoms with Crippen LogP contribution in [0.4, 0.5) is 11.4 Å². The van der Waals surface area contributed by atoms with Gasteiger partial charge in [-0.15, -0.1) is 0 Å². The zero-order valence-corrected chi connectivity index (χ0v) is 17.7. The fraction of sp³-hybridized carbons (Fsp3) is 0.400. The van der Waals surface area contributed by atoms with Crippen LogP contribution in [-0.2, 0) is 9.59 Å². The molecule has 4 rings (SSSR count). The molecule has 1 aliphatic heterocycles. The minimum Gasteiger partial charge on any atom is -0.353 e. The van der Waals surface area contributed by atoms with E-state index in [9.17, 15) is 14.4 Å². The van der Waals surface area contributed by atoms with E-state index >= 15 is 0 Å². The molecule has 2 aliphatic rings. The highest BCUT2D eigenvalue weighted by molar-refractivity contribution is 6.06. The Morgan fingerprint density at radius 2 is 1.65 bits per heavy atom. The second-order valence-corrected chi connectivity index (χ2v) is 8.47. The van der Waals surface area contributed by atoms with Crippen LogP contribution in [0.25, 0.3) is 0 Å². The smallest absolute Gasteiger partial charge is 0.255 e. The molecule has 0 unspecified atom stereocenters. The molecule has 6 nitrogen and oxygen atoms in total. The number of nitrogens with one attached hydrogen (secondary N) is 2. The van der Waals surface area contributed by atoms with Crippen LogP contribution < -0.4 is 15.5 Å². The SMILES string of the molecule is O=C(Nc1ccccc1)c1cccc(N2C[C@@H](C(=O)NC3CCCCCC3)CC2=O)c1. The molecule has 31 heavy (non-hydrogen) atoms. The van der Waals surface area contributed by atoms with Gasteiger partial charge in [-0.05, 0) is 43.2 Å². The molecule has 0 radical (unpaired) electrons. The number of amides is 3. The van der Waals surface area contributed by atoms with Gasteiger partial charge in [-0.3, -0.25) is 14.4 Å². The van der Waals surface area contributed by atoms with Crippen LogP contribution in [0.15, 0.2) is 54.6 Å². The third kappa shape index (κ3) is 5.32. The van der Waals surface area contributed by atoms with Gasteiger partial charge in [0.1, 0.15) is 0 Å². The lowest BCUT2D eigenvalue weighted by atomic mass is 10.0. The number of rotatable bonds is 5. The van der Waals surface area contributed by atoms with Crippen molar-refractivity contribution < 1.29 is 14.4 Å². The van der Waals surface area contributed by atoms with Crippen LogP contribution in [0.2, 0.25) is 0 Å². The van der Waals surface area contributed by atoms with Gasteiger partial charge in [-0.1, -0.05) is 49.9 Å². The predicted octanol–water partition coefficient (Wildman–Crippen LogP) is 4.13. The van der Waals surface area contributed by atoms with Gasteiger partial charge in [0.15, 0.2) is 0 Å². The lowest BCUT2D eigenvalue weighted by Gasteiger charge is -2.20. The van der Waals surface area contributed by atoms with Crippen molar-refractivity contribution >= 4 is 29.1 Å². The Balaban J connectivity index is 1.40. The van der Waals surface area contributed by atoms with Crippen molar-refractivity contribution in [2.45, 2.75) is 51.0 Å². The van der Waals surface area contributed by atoms with E-state index in [4.69, 9.17) is 0 Å². The molecule has 1 heterocycles. The maximum absolute atomic E-state index is 12.8. The second-order valence-electron chi connectivity index (χ2n) is 8.47. The minimum atomic E-state index is -0.349. The number of carbonyl (C=O) groups is 3. The summed E-state index contributed by atoms with van der Waals surface area (Å²) in [5.74, 6) is -0.692. The topological polar surface area (TPSA) is 78.5 Å². The summed E-state index contributed by atoms with van der Waals surface area (Å²) in [6.45, 7) is 0.348. The molecule has 3 amide bonds. The molecule has 162 valence electrons. The molecule has 2 fully saturated rings. The number of anilines is 2. The van der Waals surface area contributed by atoms with E-state index in [1.165, 1.54) is 12.8 Å². The van der Waals surface area contributed by atoms with E-state index in [0.717, 1.165) is 25.7 Å². The molecule has 0 aromatic heterocycles. The number of hydrogen-bond acceptors (Lipinski definition) is 3. The summed E-state index contributed by atoms with van der Waals surface area (Å²) in [5, 5.41) is 6.03. The van der Waals surface area contributed by atoms with E-state index < -0.39 is 0 Å². The fourth-order valence-corrected chi connectivity index (χ4v) is 4.42. The molecule has 2 aromatic carbocycles. The first-order valence-corrected chi connectivity index (χ1v) is 11.2. The first-order valence-electron chi connectivity index (χ1n) is 11.2. The van der Waals surface area contributed by atoms with Crippen LogP contribution in [0.5, 0.6) is 0 Å². The molecular formula is C25H29N3O3. The van der Waals surface area contributed by atoms with E-state index in [0.29, 0.717) is 23.5 Å². The van der Waals surface area contributed by atoms with Crippen molar-refractivity contribution in [3.63, 3.8) is 0 Å². The van der Waals surface area contributed by atoms with Crippen LogP contribution in [0, 0.1) is 5.92 Å². The van der Waals surface area contributed by atoms with Crippen molar-refractivity contribution in [3.8, 4) is 0 Å². The summed E-state index contributed by atoms with van der Waals surface area (Å²) in [6, 6.07) is 16.5. The number of para-hydroxylation sites is 1. The molecule has 2 aromatic rings. The quantitative estimate of drug-likeness (QED) is 0.715. The molecule has 1 atom stereocenters. The van der Waals surface area contributed by atoms with Gasteiger partial charge >= 0.3 is 0 Å². The Morgan fingerprint density at radius 1 is 0.903 bits per heavy atom. The Labute approximate surface area is 183 Å². The van der Waals surface area contributed by atoms with Crippen LogP contribution in [0.3, 0.4) is 0 Å². The third-order valence-electron chi connectivity index (χ3n) is 6.15. The Bertz CT molecular complexity index is 936. The van der Waals surface area contributed by atoms with E-state index in [-0.39, 0.29) is 36.1 Å². The number of carbonyl (C=O) groups excluding carboxylic acids is 3. The molecular weight excluding hydrogens is 390 g/mol. The minimum absolute atomic E-state index is 0.0271. The lowest BCUT2D eigenvalue weighted by Crippen LogP contribution is -2.39. The Kier molecular flexibility index (Phi) is 6.65. The maximum Gasteiger partial charge on any atom is 0.255 e. The average molecular weight is 420 g/mol. The lowest BCUT2D eigenvalue weighted by molar-refractivity contribution is -0.127. The number of nitrogens with zero attached hydrogens (tertiary/aromatic N) is 1. The first-order chi connectivity index (χ1) is 15.1. The summed E-state index contributed by atoms with van der Waals surface area (Å²) in [4.78, 5) is 39.7. The van der Waals surface area contributed by atoms with Crippen molar-refractivity contribution in [2.24, 2.45) is 5.92 Å². The Morgan fingerprint density at radius 3 is 2.39 bits per heavy atom. The summed E-state index contributed by atoms with van der Waals surface area (Å²) in [6.07, 6.45) is 7.02. The molecule has 6 heteroatoms. The standard InChI is InChI=1S/C25H29N3O3/c29-23-16-19(25(31)27-21-10-4-1-2-5-11-21)17-28(23)22-14-8-9-18(15-22)24(30)26-20-12-6-3-7-13-20/h3,6-9,12-15,19,21H,1-2,4-5,10-11,16-17H2,(H,26,30)(H,27,31)/t19-/m0/s1. The van der Waals surface area contributed by atoms with Crippen molar-refractivity contribution in [2.75, 3.05) is 16.8 Å². The summed E-state index contributed by atoms with van der Waals surface area (Å²) in [7, 11) is 0. The van der Waals surface area contributed by atoms with Gasteiger partial charge in [0.05, 0.1) is 5.92 Å². The molecule has 0 spiro atoms. The molecule has 1 saturated heterocycles. The van der Waals surface area contributed by atoms with Crippen molar-refractivity contribution in [1.29, 1.82) is 0 Å². The largest absolute Gasteiger partial charge is 0.353 e. The van der Waals surface area contributed by atoms with Gasteiger partial charge in [0.2, 0.25) is 11.8 Å². The van der Waals surface area contributed by atoms with Gasteiger partial charge < -0.3 is 15.5 Å². The van der Waals surface area contributed by atoms with Crippen molar-refractivity contribution in [3.05, 3.63) is 60.2 Å². The van der Waals surface area contributed by atoms with Gasteiger partial charge in [-0.25, -0.2) is 0 Å². The third-order valence-corrected chi connectivity index (χ3v) is 6.15.